The van der Waals surface area contributed by atoms with Crippen LogP contribution < -0.4 is 4.90 Å². The van der Waals surface area contributed by atoms with Crippen molar-refractivity contribution in [2.24, 2.45) is 0 Å². The molecular weight excluding hydrogens is 272 g/mol. The first-order valence-electron chi connectivity index (χ1n) is 7.17. The van der Waals surface area contributed by atoms with Crippen molar-refractivity contribution in [2.45, 2.75) is 32.2 Å². The fourth-order valence-corrected chi connectivity index (χ4v) is 2.57. The number of hydrogen-bond donors (Lipinski definition) is 1. The van der Waals surface area contributed by atoms with E-state index in [1.165, 1.54) is 0 Å². The number of hydrogen-bond acceptors (Lipinski definition) is 5. The lowest BCUT2D eigenvalue weighted by Crippen LogP contribution is -2.46. The number of carboxylic acid groups (broad SMARTS) is 1. The van der Waals surface area contributed by atoms with Gasteiger partial charge in [0.25, 0.3) is 0 Å². The summed E-state index contributed by atoms with van der Waals surface area (Å²) < 4.78 is 0. The topological polar surface area (TPSA) is 86.6 Å². The van der Waals surface area contributed by atoms with Crippen molar-refractivity contribution in [3.63, 3.8) is 0 Å². The number of anilines is 1. The molecule has 1 N–H and O–H groups in total. The fourth-order valence-electron chi connectivity index (χ4n) is 2.57. The number of amides is 1. The summed E-state index contributed by atoms with van der Waals surface area (Å²) in [5.74, 6) is -0.373. The monoisotopic (exact) mass is 292 g/mol. The molecule has 7 nitrogen and oxygen atoms in total. The van der Waals surface area contributed by atoms with E-state index in [2.05, 4.69) is 9.97 Å². The van der Waals surface area contributed by atoms with E-state index in [1.54, 1.807) is 23.4 Å². The van der Waals surface area contributed by atoms with Crippen molar-refractivity contribution >= 4 is 17.8 Å². The molecular formula is C14H20N4O3. The minimum atomic E-state index is -0.893. The molecule has 2 heterocycles. The molecule has 0 spiro atoms. The van der Waals surface area contributed by atoms with E-state index in [1.807, 2.05) is 11.8 Å². The Morgan fingerprint density at radius 2 is 2.14 bits per heavy atom. The SMILES string of the molecule is CCN(CCC(=O)O)C(=O)C1CCCN1c1ncccn1. The van der Waals surface area contributed by atoms with Crippen LogP contribution in [0.25, 0.3) is 0 Å². The molecule has 1 amide bonds. The Balaban J connectivity index is 2.07. The third-order valence-electron chi connectivity index (χ3n) is 3.64. The van der Waals surface area contributed by atoms with Crippen LogP contribution >= 0.6 is 0 Å². The summed E-state index contributed by atoms with van der Waals surface area (Å²) >= 11 is 0. The molecule has 0 aromatic carbocycles. The minimum Gasteiger partial charge on any atom is -0.481 e. The molecule has 2 rings (SSSR count). The van der Waals surface area contributed by atoms with Gasteiger partial charge in [0.15, 0.2) is 0 Å². The van der Waals surface area contributed by atoms with Crippen LogP contribution in [0.1, 0.15) is 26.2 Å². The maximum atomic E-state index is 12.6. The summed E-state index contributed by atoms with van der Waals surface area (Å²) in [6.07, 6.45) is 4.94. The van der Waals surface area contributed by atoms with Crippen LogP contribution in [-0.2, 0) is 9.59 Å². The summed E-state index contributed by atoms with van der Waals surface area (Å²) in [6, 6.07) is 1.45. The zero-order valence-electron chi connectivity index (χ0n) is 12.1. The average molecular weight is 292 g/mol. The Labute approximate surface area is 123 Å². The van der Waals surface area contributed by atoms with Crippen molar-refractivity contribution in [3.05, 3.63) is 18.5 Å². The van der Waals surface area contributed by atoms with Gasteiger partial charge >= 0.3 is 5.97 Å². The molecule has 1 aromatic heterocycles. The van der Waals surface area contributed by atoms with E-state index in [9.17, 15) is 9.59 Å². The number of carbonyl (C=O) groups is 2. The first-order valence-corrected chi connectivity index (χ1v) is 7.17. The van der Waals surface area contributed by atoms with Gasteiger partial charge in [-0.15, -0.1) is 0 Å². The van der Waals surface area contributed by atoms with Crippen LogP contribution in [0, 0.1) is 0 Å². The number of nitrogens with zero attached hydrogens (tertiary/aromatic N) is 4. The lowest BCUT2D eigenvalue weighted by Gasteiger charge is -2.29. The molecule has 0 aliphatic carbocycles. The Morgan fingerprint density at radius 1 is 1.43 bits per heavy atom. The molecule has 0 saturated carbocycles. The van der Waals surface area contributed by atoms with Crippen LogP contribution in [0.2, 0.25) is 0 Å². The Hall–Kier alpha value is -2.18. The van der Waals surface area contributed by atoms with Gasteiger partial charge in [-0.2, -0.15) is 0 Å². The standard InChI is InChI=1S/C14H20N4O3/c1-2-17(10-6-12(19)20)13(21)11-5-3-9-18(11)14-15-7-4-8-16-14/h4,7-8,11H,2-3,5-6,9-10H2,1H3,(H,19,20). The molecule has 0 radical (unpaired) electrons. The van der Waals surface area contributed by atoms with E-state index in [-0.39, 0.29) is 24.9 Å². The number of carboxylic acids is 1. The van der Waals surface area contributed by atoms with Gasteiger partial charge in [0, 0.05) is 32.0 Å². The average Bonchev–Trinajstić information content (AvgIpc) is 2.97. The van der Waals surface area contributed by atoms with Gasteiger partial charge < -0.3 is 14.9 Å². The van der Waals surface area contributed by atoms with Gasteiger partial charge in [0.2, 0.25) is 11.9 Å². The first-order chi connectivity index (χ1) is 10.1. The molecule has 0 bridgehead atoms. The van der Waals surface area contributed by atoms with Crippen LogP contribution in [0.4, 0.5) is 5.95 Å². The van der Waals surface area contributed by atoms with E-state index >= 15 is 0 Å². The second kappa shape index (κ2) is 7.01. The third-order valence-corrected chi connectivity index (χ3v) is 3.64. The third kappa shape index (κ3) is 3.68. The van der Waals surface area contributed by atoms with Gasteiger partial charge in [0.1, 0.15) is 6.04 Å². The molecule has 1 saturated heterocycles. The molecule has 1 aliphatic heterocycles. The normalized spacial score (nSPS) is 17.8. The zero-order chi connectivity index (χ0) is 15.2. The molecule has 7 heteroatoms. The number of likely N-dealkylation sites (N-methyl/N-ethyl adjacent to an activating group) is 1. The predicted molar refractivity (Wildman–Crippen MR) is 76.9 cm³/mol. The first kappa shape index (κ1) is 15.2. The molecule has 1 fully saturated rings. The number of carbonyl (C=O) groups excluding carboxylic acids is 1. The maximum absolute atomic E-state index is 12.6. The van der Waals surface area contributed by atoms with Gasteiger partial charge in [0.05, 0.1) is 6.42 Å². The quantitative estimate of drug-likeness (QED) is 0.833. The van der Waals surface area contributed by atoms with Gasteiger partial charge in [-0.05, 0) is 25.8 Å². The highest BCUT2D eigenvalue weighted by Crippen LogP contribution is 2.23. The van der Waals surface area contributed by atoms with Crippen molar-refractivity contribution in [3.8, 4) is 0 Å². The van der Waals surface area contributed by atoms with Crippen molar-refractivity contribution in [2.75, 3.05) is 24.5 Å². The molecule has 1 aliphatic rings. The lowest BCUT2D eigenvalue weighted by molar-refractivity contribution is -0.138. The molecule has 114 valence electrons. The summed E-state index contributed by atoms with van der Waals surface area (Å²) in [5, 5.41) is 8.77. The van der Waals surface area contributed by atoms with Crippen molar-refractivity contribution in [1.82, 2.24) is 14.9 Å². The van der Waals surface area contributed by atoms with Gasteiger partial charge in [-0.25, -0.2) is 9.97 Å². The maximum Gasteiger partial charge on any atom is 0.305 e. The lowest BCUT2D eigenvalue weighted by atomic mass is 10.2. The van der Waals surface area contributed by atoms with E-state index in [4.69, 9.17) is 5.11 Å². The highest BCUT2D eigenvalue weighted by atomic mass is 16.4. The number of aliphatic carboxylic acids is 1. The van der Waals surface area contributed by atoms with Gasteiger partial charge in [-0.1, -0.05) is 0 Å². The summed E-state index contributed by atoms with van der Waals surface area (Å²) in [7, 11) is 0. The number of aromatic nitrogens is 2. The highest BCUT2D eigenvalue weighted by molar-refractivity contribution is 5.85. The van der Waals surface area contributed by atoms with Crippen LogP contribution in [0.3, 0.4) is 0 Å². The largest absolute Gasteiger partial charge is 0.481 e. The van der Waals surface area contributed by atoms with Crippen LogP contribution in [0.15, 0.2) is 18.5 Å². The minimum absolute atomic E-state index is 0.0336. The second-order valence-corrected chi connectivity index (χ2v) is 4.96. The van der Waals surface area contributed by atoms with E-state index in [0.717, 1.165) is 19.4 Å². The van der Waals surface area contributed by atoms with Crippen LogP contribution in [-0.4, -0.2) is 57.5 Å². The van der Waals surface area contributed by atoms with E-state index in [0.29, 0.717) is 12.5 Å². The molecule has 1 aromatic rings. The smallest absolute Gasteiger partial charge is 0.305 e. The van der Waals surface area contributed by atoms with Gasteiger partial charge in [-0.3, -0.25) is 9.59 Å². The summed E-state index contributed by atoms with van der Waals surface area (Å²) in [6.45, 7) is 3.35. The van der Waals surface area contributed by atoms with Crippen molar-refractivity contribution in [1.29, 1.82) is 0 Å². The Bertz CT molecular complexity index is 494. The van der Waals surface area contributed by atoms with E-state index < -0.39 is 5.97 Å². The van der Waals surface area contributed by atoms with Crippen LogP contribution in [0.5, 0.6) is 0 Å². The Morgan fingerprint density at radius 3 is 2.76 bits per heavy atom. The molecule has 1 unspecified atom stereocenters. The van der Waals surface area contributed by atoms with Crippen molar-refractivity contribution < 1.29 is 14.7 Å². The fraction of sp³-hybridized carbons (Fsp3) is 0.571. The number of rotatable bonds is 6. The zero-order valence-corrected chi connectivity index (χ0v) is 12.1. The molecule has 1 atom stereocenters. The summed E-state index contributed by atoms with van der Waals surface area (Å²) in [4.78, 5) is 35.2. The summed E-state index contributed by atoms with van der Waals surface area (Å²) in [5.41, 5.74) is 0. The highest BCUT2D eigenvalue weighted by Gasteiger charge is 2.34. The predicted octanol–water partition coefficient (Wildman–Crippen LogP) is 0.769. The molecule has 21 heavy (non-hydrogen) atoms. The second-order valence-electron chi connectivity index (χ2n) is 4.96. The Kier molecular flexibility index (Phi) is 5.08.